The normalized spacial score (nSPS) is 15.5. The lowest BCUT2D eigenvalue weighted by Gasteiger charge is -2.30. The van der Waals surface area contributed by atoms with E-state index in [0.29, 0.717) is 11.3 Å². The van der Waals surface area contributed by atoms with Crippen LogP contribution in [0.3, 0.4) is 0 Å². The molecule has 1 aliphatic rings. The molecule has 0 unspecified atom stereocenters. The molecule has 1 aromatic carbocycles. The van der Waals surface area contributed by atoms with E-state index in [1.807, 2.05) is 18.2 Å². The predicted octanol–water partition coefficient (Wildman–Crippen LogP) is 3.73. The van der Waals surface area contributed by atoms with Crippen LogP contribution in [-0.2, 0) is 0 Å². The number of hydrogen-bond acceptors (Lipinski definition) is 4. The molecule has 0 aliphatic carbocycles. The molecule has 0 radical (unpaired) electrons. The number of nitrogens with zero attached hydrogens (tertiary/aromatic N) is 3. The van der Waals surface area contributed by atoms with Gasteiger partial charge in [0.2, 0.25) is 5.95 Å². The fraction of sp³-hybridized carbons (Fsp3) is 0.353. The second-order valence-electron chi connectivity index (χ2n) is 5.88. The summed E-state index contributed by atoms with van der Waals surface area (Å²) >= 11 is 3.38. The summed E-state index contributed by atoms with van der Waals surface area (Å²) in [5, 5.41) is 2.82. The summed E-state index contributed by atoms with van der Waals surface area (Å²) in [5.41, 5.74) is 1.18. The van der Waals surface area contributed by atoms with E-state index >= 15 is 0 Å². The van der Waals surface area contributed by atoms with Crippen molar-refractivity contribution < 1.29 is 4.79 Å². The lowest BCUT2D eigenvalue weighted by Crippen LogP contribution is -2.34. The predicted molar refractivity (Wildman–Crippen MR) is 94.7 cm³/mol. The molecule has 1 aliphatic heterocycles. The smallest absolute Gasteiger partial charge is 0.256 e. The Hall–Kier alpha value is -1.95. The molecular formula is C17H19BrN4O. The Bertz CT molecular complexity index is 681. The minimum Gasteiger partial charge on any atom is -0.341 e. The number of benzene rings is 1. The molecule has 5 nitrogen and oxygen atoms in total. The molecular weight excluding hydrogens is 356 g/mol. The molecule has 0 atom stereocenters. The Morgan fingerprint density at radius 1 is 1.22 bits per heavy atom. The van der Waals surface area contributed by atoms with Crippen LogP contribution in [0.1, 0.15) is 30.1 Å². The van der Waals surface area contributed by atoms with E-state index in [1.54, 1.807) is 18.5 Å². The van der Waals surface area contributed by atoms with E-state index in [4.69, 9.17) is 0 Å². The number of piperidine rings is 1. The molecule has 2 aromatic rings. The molecule has 6 heteroatoms. The Morgan fingerprint density at radius 2 is 1.87 bits per heavy atom. The highest BCUT2D eigenvalue weighted by molar-refractivity contribution is 9.10. The minimum atomic E-state index is -0.180. The molecule has 1 N–H and O–H groups in total. The summed E-state index contributed by atoms with van der Waals surface area (Å²) in [6.07, 6.45) is 5.66. The summed E-state index contributed by atoms with van der Waals surface area (Å²) in [4.78, 5) is 23.2. The van der Waals surface area contributed by atoms with Crippen LogP contribution < -0.4 is 10.2 Å². The van der Waals surface area contributed by atoms with Crippen molar-refractivity contribution >= 4 is 33.5 Å². The van der Waals surface area contributed by atoms with Gasteiger partial charge in [0, 0.05) is 17.6 Å². The first-order valence-electron chi connectivity index (χ1n) is 7.76. The van der Waals surface area contributed by atoms with Gasteiger partial charge in [-0.15, -0.1) is 0 Å². The third-order valence-corrected chi connectivity index (χ3v) is 4.77. The molecule has 0 spiro atoms. The van der Waals surface area contributed by atoms with Gasteiger partial charge in [0.05, 0.1) is 23.6 Å². The Morgan fingerprint density at radius 3 is 2.52 bits per heavy atom. The van der Waals surface area contributed by atoms with Crippen LogP contribution in [0.15, 0.2) is 41.1 Å². The Kier molecular flexibility index (Phi) is 4.91. The zero-order chi connectivity index (χ0) is 16.2. The van der Waals surface area contributed by atoms with Gasteiger partial charge in [0.15, 0.2) is 0 Å². The quantitative estimate of drug-likeness (QED) is 0.888. The molecule has 3 rings (SSSR count). The summed E-state index contributed by atoms with van der Waals surface area (Å²) in [5.74, 6) is 1.32. The zero-order valence-corrected chi connectivity index (χ0v) is 14.6. The average molecular weight is 375 g/mol. The molecule has 1 amide bonds. The van der Waals surface area contributed by atoms with Crippen molar-refractivity contribution in [2.45, 2.75) is 19.8 Å². The summed E-state index contributed by atoms with van der Waals surface area (Å²) in [6.45, 7) is 4.26. The van der Waals surface area contributed by atoms with Gasteiger partial charge in [0.25, 0.3) is 5.91 Å². The maximum absolute atomic E-state index is 12.3. The van der Waals surface area contributed by atoms with Gasteiger partial charge in [0.1, 0.15) is 0 Å². The number of carbonyl (C=O) groups is 1. The van der Waals surface area contributed by atoms with Crippen LogP contribution in [0.5, 0.6) is 0 Å². The lowest BCUT2D eigenvalue weighted by molar-refractivity contribution is 0.102. The number of amides is 1. The van der Waals surface area contributed by atoms with Crippen molar-refractivity contribution in [1.82, 2.24) is 9.97 Å². The molecule has 120 valence electrons. The molecule has 0 bridgehead atoms. The summed E-state index contributed by atoms with van der Waals surface area (Å²) < 4.78 is 0.762. The fourth-order valence-corrected chi connectivity index (χ4v) is 3.07. The van der Waals surface area contributed by atoms with Crippen molar-refractivity contribution in [3.63, 3.8) is 0 Å². The monoisotopic (exact) mass is 374 g/mol. The van der Waals surface area contributed by atoms with Crippen LogP contribution in [0, 0.1) is 5.92 Å². The van der Waals surface area contributed by atoms with Crippen LogP contribution in [-0.4, -0.2) is 29.0 Å². The zero-order valence-electron chi connectivity index (χ0n) is 13.0. The number of nitrogens with one attached hydrogen (secondary N) is 1. The first kappa shape index (κ1) is 15.9. The van der Waals surface area contributed by atoms with Gasteiger partial charge in [-0.2, -0.15) is 0 Å². The van der Waals surface area contributed by atoms with Gasteiger partial charge < -0.3 is 10.2 Å². The van der Waals surface area contributed by atoms with Crippen molar-refractivity contribution in [2.75, 3.05) is 23.3 Å². The average Bonchev–Trinajstić information content (AvgIpc) is 2.57. The standard InChI is InChI=1S/C17H19BrN4O/c1-12-6-8-22(9-7-12)17-19-10-13(11-20-17)21-16(23)14-4-2-3-5-15(14)18/h2-5,10-12H,6-9H2,1H3,(H,21,23). The van der Waals surface area contributed by atoms with E-state index in [1.165, 1.54) is 12.8 Å². The van der Waals surface area contributed by atoms with Crippen molar-refractivity contribution in [1.29, 1.82) is 0 Å². The van der Waals surface area contributed by atoms with Crippen molar-refractivity contribution in [3.05, 3.63) is 46.7 Å². The number of aromatic nitrogens is 2. The Labute approximate surface area is 144 Å². The second kappa shape index (κ2) is 7.08. The van der Waals surface area contributed by atoms with E-state index in [-0.39, 0.29) is 5.91 Å². The van der Waals surface area contributed by atoms with E-state index in [0.717, 1.165) is 29.4 Å². The molecule has 1 fully saturated rings. The topological polar surface area (TPSA) is 58.1 Å². The van der Waals surface area contributed by atoms with Gasteiger partial charge in [-0.3, -0.25) is 4.79 Å². The third kappa shape index (κ3) is 3.88. The van der Waals surface area contributed by atoms with Crippen LogP contribution >= 0.6 is 15.9 Å². The molecule has 1 saturated heterocycles. The van der Waals surface area contributed by atoms with Gasteiger partial charge in [-0.05, 0) is 46.8 Å². The number of hydrogen-bond donors (Lipinski definition) is 1. The number of halogens is 1. The minimum absolute atomic E-state index is 0.180. The lowest BCUT2D eigenvalue weighted by atomic mass is 10.00. The molecule has 23 heavy (non-hydrogen) atoms. The van der Waals surface area contributed by atoms with Gasteiger partial charge in [-0.1, -0.05) is 19.1 Å². The number of carbonyl (C=O) groups excluding carboxylic acids is 1. The second-order valence-corrected chi connectivity index (χ2v) is 6.73. The molecule has 1 aromatic heterocycles. The summed E-state index contributed by atoms with van der Waals surface area (Å²) in [7, 11) is 0. The van der Waals surface area contributed by atoms with E-state index < -0.39 is 0 Å². The number of anilines is 2. The largest absolute Gasteiger partial charge is 0.341 e. The fourth-order valence-electron chi connectivity index (χ4n) is 2.60. The summed E-state index contributed by atoms with van der Waals surface area (Å²) in [6, 6.07) is 7.31. The van der Waals surface area contributed by atoms with Gasteiger partial charge >= 0.3 is 0 Å². The van der Waals surface area contributed by atoms with Crippen LogP contribution in [0.4, 0.5) is 11.6 Å². The van der Waals surface area contributed by atoms with Crippen molar-refractivity contribution in [3.8, 4) is 0 Å². The van der Waals surface area contributed by atoms with Crippen LogP contribution in [0.25, 0.3) is 0 Å². The molecule has 0 saturated carbocycles. The van der Waals surface area contributed by atoms with Crippen LogP contribution in [0.2, 0.25) is 0 Å². The maximum atomic E-state index is 12.3. The first-order chi connectivity index (χ1) is 11.1. The van der Waals surface area contributed by atoms with E-state index in [2.05, 4.69) is 43.0 Å². The highest BCUT2D eigenvalue weighted by atomic mass is 79.9. The SMILES string of the molecule is CC1CCN(c2ncc(NC(=O)c3ccccc3Br)cn2)CC1. The number of rotatable bonds is 3. The highest BCUT2D eigenvalue weighted by Crippen LogP contribution is 2.21. The molecule has 2 heterocycles. The Balaban J connectivity index is 1.66. The third-order valence-electron chi connectivity index (χ3n) is 4.08. The maximum Gasteiger partial charge on any atom is 0.256 e. The van der Waals surface area contributed by atoms with Crippen molar-refractivity contribution in [2.24, 2.45) is 5.92 Å². The van der Waals surface area contributed by atoms with E-state index in [9.17, 15) is 4.79 Å². The van der Waals surface area contributed by atoms with Gasteiger partial charge in [-0.25, -0.2) is 9.97 Å². The highest BCUT2D eigenvalue weighted by Gasteiger charge is 2.18. The first-order valence-corrected chi connectivity index (χ1v) is 8.55.